The third-order valence-corrected chi connectivity index (χ3v) is 4.23. The number of amides is 1. The molecule has 130 valence electrons. The van der Waals surface area contributed by atoms with Gasteiger partial charge in [0.1, 0.15) is 6.54 Å². The van der Waals surface area contributed by atoms with Gasteiger partial charge in [-0.2, -0.15) is 0 Å². The van der Waals surface area contributed by atoms with Gasteiger partial charge >= 0.3 is 0 Å². The molecule has 1 amide bonds. The van der Waals surface area contributed by atoms with Gasteiger partial charge in [-0.25, -0.2) is 4.68 Å². The first-order chi connectivity index (χ1) is 11.9. The lowest BCUT2D eigenvalue weighted by Crippen LogP contribution is -2.26. The van der Waals surface area contributed by atoms with Crippen LogP contribution in [0.1, 0.15) is 24.0 Å². The summed E-state index contributed by atoms with van der Waals surface area (Å²) < 4.78 is 1.56. The van der Waals surface area contributed by atoms with Gasteiger partial charge in [0.05, 0.1) is 6.20 Å². The van der Waals surface area contributed by atoms with Gasteiger partial charge in [0.15, 0.2) is 5.82 Å². The van der Waals surface area contributed by atoms with Crippen molar-refractivity contribution in [1.29, 1.82) is 0 Å². The zero-order chi connectivity index (χ0) is 18.0. The van der Waals surface area contributed by atoms with E-state index in [2.05, 4.69) is 47.3 Å². The molecule has 1 saturated carbocycles. The molecule has 2 aromatic rings. The van der Waals surface area contributed by atoms with Gasteiger partial charge in [0, 0.05) is 38.3 Å². The summed E-state index contributed by atoms with van der Waals surface area (Å²) in [6.07, 6.45) is 4.23. The number of carbonyl (C=O) groups is 1. The molecule has 6 heteroatoms. The first kappa shape index (κ1) is 17.0. The molecule has 3 rings (SSSR count). The molecule has 1 aromatic heterocycles. The van der Waals surface area contributed by atoms with Crippen LogP contribution in [0.2, 0.25) is 0 Å². The average Bonchev–Trinajstić information content (AvgIpc) is 3.30. The fourth-order valence-electron chi connectivity index (χ4n) is 2.38. The van der Waals surface area contributed by atoms with Gasteiger partial charge in [-0.15, -0.1) is 5.10 Å². The lowest BCUT2D eigenvalue weighted by Gasteiger charge is -2.18. The summed E-state index contributed by atoms with van der Waals surface area (Å²) in [4.78, 5) is 15.3. The Bertz CT molecular complexity index is 839. The lowest BCUT2D eigenvalue weighted by molar-refractivity contribution is -0.129. The Morgan fingerprint density at radius 2 is 2.08 bits per heavy atom. The summed E-state index contributed by atoms with van der Waals surface area (Å²) in [6, 6.07) is 6.20. The van der Waals surface area contributed by atoms with E-state index in [0.29, 0.717) is 11.7 Å². The molecular weight excluding hydrogens is 314 g/mol. The molecule has 0 radical (unpaired) electrons. The summed E-state index contributed by atoms with van der Waals surface area (Å²) in [5.41, 5.74) is 3.18. The number of anilines is 2. The third-order valence-electron chi connectivity index (χ3n) is 4.23. The van der Waals surface area contributed by atoms with Gasteiger partial charge in [0.25, 0.3) is 0 Å². The molecule has 6 nitrogen and oxygen atoms in total. The number of rotatable bonds is 4. The van der Waals surface area contributed by atoms with Crippen molar-refractivity contribution in [2.75, 3.05) is 26.0 Å². The first-order valence-corrected chi connectivity index (χ1v) is 8.40. The number of hydrogen-bond acceptors (Lipinski definition) is 4. The van der Waals surface area contributed by atoms with Crippen molar-refractivity contribution >= 4 is 17.4 Å². The summed E-state index contributed by atoms with van der Waals surface area (Å²) >= 11 is 0. The molecular formula is C19H23N5O. The minimum absolute atomic E-state index is 0.0207. The van der Waals surface area contributed by atoms with Crippen LogP contribution in [0, 0.1) is 24.7 Å². The number of benzene rings is 1. The molecule has 1 aliphatic rings. The molecule has 0 bridgehead atoms. The third kappa shape index (κ3) is 4.18. The smallest absolute Gasteiger partial charge is 0.243 e. The van der Waals surface area contributed by atoms with Crippen LogP contribution >= 0.6 is 0 Å². The van der Waals surface area contributed by atoms with Gasteiger partial charge in [-0.05, 0) is 37.5 Å². The summed E-state index contributed by atoms with van der Waals surface area (Å²) in [5, 5.41) is 8.25. The average molecular weight is 337 g/mol. The normalized spacial score (nSPS) is 13.1. The van der Waals surface area contributed by atoms with E-state index in [4.69, 9.17) is 0 Å². The Balaban J connectivity index is 1.79. The Kier molecular flexibility index (Phi) is 4.75. The molecule has 0 aliphatic heterocycles. The molecule has 0 N–H and O–H groups in total. The summed E-state index contributed by atoms with van der Waals surface area (Å²) in [5.74, 6) is 7.80. The van der Waals surface area contributed by atoms with E-state index in [-0.39, 0.29) is 12.5 Å². The van der Waals surface area contributed by atoms with E-state index >= 15 is 0 Å². The van der Waals surface area contributed by atoms with Crippen LogP contribution in [-0.4, -0.2) is 46.9 Å². The molecule has 1 aromatic carbocycles. The van der Waals surface area contributed by atoms with Crippen molar-refractivity contribution in [3.8, 4) is 11.8 Å². The van der Waals surface area contributed by atoms with E-state index in [1.54, 1.807) is 25.0 Å². The summed E-state index contributed by atoms with van der Waals surface area (Å²) in [7, 11) is 5.40. The molecule has 0 spiro atoms. The van der Waals surface area contributed by atoms with Gasteiger partial charge in [-0.3, -0.25) is 4.79 Å². The Hall–Kier alpha value is -2.81. The molecule has 1 fully saturated rings. The van der Waals surface area contributed by atoms with Crippen LogP contribution in [0.3, 0.4) is 0 Å². The predicted octanol–water partition coefficient (Wildman–Crippen LogP) is 2.20. The molecule has 1 heterocycles. The van der Waals surface area contributed by atoms with Crippen molar-refractivity contribution in [2.24, 2.45) is 5.92 Å². The van der Waals surface area contributed by atoms with Crippen LogP contribution in [0.5, 0.6) is 0 Å². The Morgan fingerprint density at radius 1 is 1.32 bits per heavy atom. The number of hydrogen-bond donors (Lipinski definition) is 0. The second-order valence-corrected chi connectivity index (χ2v) is 6.67. The highest BCUT2D eigenvalue weighted by atomic mass is 16.2. The second kappa shape index (κ2) is 6.98. The first-order valence-electron chi connectivity index (χ1n) is 8.40. The van der Waals surface area contributed by atoms with E-state index < -0.39 is 0 Å². The van der Waals surface area contributed by atoms with Crippen molar-refractivity contribution in [1.82, 2.24) is 19.9 Å². The Morgan fingerprint density at radius 3 is 2.76 bits per heavy atom. The zero-order valence-electron chi connectivity index (χ0n) is 15.2. The minimum atomic E-state index is -0.0207. The highest BCUT2D eigenvalue weighted by molar-refractivity contribution is 5.75. The number of aryl methyl sites for hydroxylation is 1. The standard InChI is InChI=1S/C19H23N5O/c1-14-5-6-16(10-9-15-7-8-15)11-17(14)23(4)18-12-24(21-20-18)13-19(25)22(2)3/h5-6,11-12,15H,7-8,13H2,1-4H3. The molecule has 0 atom stereocenters. The number of aromatic nitrogens is 3. The number of nitrogens with zero attached hydrogens (tertiary/aromatic N) is 5. The SMILES string of the molecule is Cc1ccc(C#CC2CC2)cc1N(C)c1cn(CC(=O)N(C)C)nn1. The van der Waals surface area contributed by atoms with Crippen LogP contribution in [0.15, 0.2) is 24.4 Å². The van der Waals surface area contributed by atoms with Crippen LogP contribution in [0.4, 0.5) is 11.5 Å². The van der Waals surface area contributed by atoms with Crippen LogP contribution in [0.25, 0.3) is 0 Å². The largest absolute Gasteiger partial charge is 0.347 e. The zero-order valence-corrected chi connectivity index (χ0v) is 15.2. The van der Waals surface area contributed by atoms with Gasteiger partial charge in [-0.1, -0.05) is 23.1 Å². The van der Waals surface area contributed by atoms with Crippen molar-refractivity contribution in [2.45, 2.75) is 26.3 Å². The maximum Gasteiger partial charge on any atom is 0.243 e. The maximum atomic E-state index is 11.8. The molecule has 1 aliphatic carbocycles. The van der Waals surface area contributed by atoms with Gasteiger partial charge < -0.3 is 9.80 Å². The number of carbonyl (C=O) groups excluding carboxylic acids is 1. The van der Waals surface area contributed by atoms with E-state index in [0.717, 1.165) is 16.8 Å². The van der Waals surface area contributed by atoms with Crippen molar-refractivity contribution < 1.29 is 4.79 Å². The van der Waals surface area contributed by atoms with Crippen LogP contribution in [-0.2, 0) is 11.3 Å². The molecule has 0 unspecified atom stereocenters. The highest BCUT2D eigenvalue weighted by Gasteiger charge is 2.18. The van der Waals surface area contributed by atoms with Crippen LogP contribution < -0.4 is 4.90 Å². The lowest BCUT2D eigenvalue weighted by atomic mass is 10.1. The van der Waals surface area contributed by atoms with E-state index in [9.17, 15) is 4.79 Å². The maximum absolute atomic E-state index is 11.8. The van der Waals surface area contributed by atoms with Crippen molar-refractivity contribution in [3.63, 3.8) is 0 Å². The molecule has 0 saturated heterocycles. The predicted molar refractivity (Wildman–Crippen MR) is 97.6 cm³/mol. The topological polar surface area (TPSA) is 54.3 Å². The van der Waals surface area contributed by atoms with Crippen molar-refractivity contribution in [3.05, 3.63) is 35.5 Å². The van der Waals surface area contributed by atoms with E-state index in [1.807, 2.05) is 11.9 Å². The summed E-state index contributed by atoms with van der Waals surface area (Å²) in [6.45, 7) is 2.24. The van der Waals surface area contributed by atoms with Gasteiger partial charge in [0.2, 0.25) is 5.91 Å². The fourth-order valence-corrected chi connectivity index (χ4v) is 2.38. The second-order valence-electron chi connectivity index (χ2n) is 6.67. The Labute approximate surface area is 148 Å². The number of likely N-dealkylation sites (N-methyl/N-ethyl adjacent to an activating group) is 1. The highest BCUT2D eigenvalue weighted by Crippen LogP contribution is 2.29. The van der Waals surface area contributed by atoms with E-state index in [1.165, 1.54) is 17.7 Å². The monoisotopic (exact) mass is 337 g/mol. The minimum Gasteiger partial charge on any atom is -0.347 e. The fraction of sp³-hybridized carbons (Fsp3) is 0.421. The molecule has 25 heavy (non-hydrogen) atoms. The quantitative estimate of drug-likeness (QED) is 0.803.